The number of carbonyl (C=O) groups is 1. The third-order valence-corrected chi connectivity index (χ3v) is 7.60. The predicted molar refractivity (Wildman–Crippen MR) is 126 cm³/mol. The summed E-state index contributed by atoms with van der Waals surface area (Å²) in [5.74, 6) is -0.749. The number of carbonyl (C=O) groups excluding carboxylic acids is 1. The number of anilines is 1. The minimum Gasteiger partial charge on any atom is -0.497 e. The van der Waals surface area contributed by atoms with Gasteiger partial charge in [0.15, 0.2) is 5.16 Å². The van der Waals surface area contributed by atoms with Gasteiger partial charge in [-0.25, -0.2) is 21.8 Å². The molecule has 0 aliphatic heterocycles. The fraction of sp³-hybridized carbons (Fsp3) is 0.130. The molecule has 1 heterocycles. The summed E-state index contributed by atoms with van der Waals surface area (Å²) in [6, 6.07) is 17.2. The quantitative estimate of drug-likeness (QED) is 0.389. The number of imidazole rings is 1. The van der Waals surface area contributed by atoms with Crippen LogP contribution in [0.1, 0.15) is 5.56 Å². The van der Waals surface area contributed by atoms with Crippen LogP contribution in [0.2, 0.25) is 0 Å². The van der Waals surface area contributed by atoms with Crippen molar-refractivity contribution in [2.24, 2.45) is 0 Å². The molecule has 4 aromatic rings. The number of nitrogens with one attached hydrogen (secondary N) is 1. The maximum atomic E-state index is 13.8. The lowest BCUT2D eigenvalue weighted by Crippen LogP contribution is -2.17. The number of hydrogen-bond donors (Lipinski definition) is 1. The molecule has 0 aliphatic rings. The molecule has 0 saturated heterocycles. The minimum atomic E-state index is -4.02. The number of aryl methyl sites for hydroxylation is 1. The summed E-state index contributed by atoms with van der Waals surface area (Å²) < 4.78 is 47.3. The Morgan fingerprint density at radius 3 is 2.55 bits per heavy atom. The molecule has 3 aromatic carbocycles. The largest absolute Gasteiger partial charge is 0.497 e. The lowest BCUT2D eigenvalue weighted by molar-refractivity contribution is -0.113. The molecular weight excluding hydrogens is 465 g/mol. The van der Waals surface area contributed by atoms with Crippen LogP contribution in [-0.2, 0) is 14.8 Å². The number of ether oxygens (including phenoxy) is 1. The Hall–Kier alpha value is -3.37. The number of hydrogen-bond acceptors (Lipinski definition) is 6. The third-order valence-electron chi connectivity index (χ3n) is 4.83. The summed E-state index contributed by atoms with van der Waals surface area (Å²) in [5, 5.41) is 2.60. The van der Waals surface area contributed by atoms with E-state index in [2.05, 4.69) is 10.3 Å². The minimum absolute atomic E-state index is 0.0496. The third kappa shape index (κ3) is 4.71. The predicted octanol–water partition coefficient (Wildman–Crippen LogP) is 4.46. The number of nitrogens with zero attached hydrogens (tertiary/aromatic N) is 2. The highest BCUT2D eigenvalue weighted by Gasteiger charge is 2.25. The van der Waals surface area contributed by atoms with Crippen LogP contribution >= 0.6 is 11.8 Å². The van der Waals surface area contributed by atoms with E-state index in [9.17, 15) is 17.6 Å². The first kappa shape index (κ1) is 22.8. The lowest BCUT2D eigenvalue weighted by atomic mass is 10.2. The highest BCUT2D eigenvalue weighted by atomic mass is 32.2. The zero-order valence-electron chi connectivity index (χ0n) is 17.8. The summed E-state index contributed by atoms with van der Waals surface area (Å²) in [6.45, 7) is 1.86. The van der Waals surface area contributed by atoms with E-state index in [-0.39, 0.29) is 21.5 Å². The van der Waals surface area contributed by atoms with Crippen LogP contribution in [-0.4, -0.2) is 36.1 Å². The van der Waals surface area contributed by atoms with Crippen molar-refractivity contribution in [3.8, 4) is 5.75 Å². The molecule has 0 aliphatic carbocycles. The molecule has 7 nitrogen and oxygen atoms in total. The van der Waals surface area contributed by atoms with Gasteiger partial charge in [0.05, 0.1) is 34.5 Å². The summed E-state index contributed by atoms with van der Waals surface area (Å²) in [4.78, 5) is 16.9. The summed E-state index contributed by atoms with van der Waals surface area (Å²) in [7, 11) is -2.54. The summed E-state index contributed by atoms with van der Waals surface area (Å²) >= 11 is 0.942. The van der Waals surface area contributed by atoms with Crippen LogP contribution in [0.5, 0.6) is 5.75 Å². The molecule has 1 aromatic heterocycles. The van der Waals surface area contributed by atoms with E-state index in [0.717, 1.165) is 21.3 Å². The second kappa shape index (κ2) is 9.24. The first-order valence-electron chi connectivity index (χ1n) is 9.85. The summed E-state index contributed by atoms with van der Waals surface area (Å²) in [5.41, 5.74) is 1.73. The maximum absolute atomic E-state index is 13.8. The van der Waals surface area contributed by atoms with E-state index in [1.807, 2.05) is 6.92 Å². The maximum Gasteiger partial charge on any atom is 0.270 e. The van der Waals surface area contributed by atoms with Gasteiger partial charge in [-0.2, -0.15) is 0 Å². The number of aromatic nitrogens is 2. The van der Waals surface area contributed by atoms with E-state index < -0.39 is 21.7 Å². The Bertz CT molecular complexity index is 1430. The van der Waals surface area contributed by atoms with Gasteiger partial charge in [0.2, 0.25) is 5.91 Å². The van der Waals surface area contributed by atoms with Gasteiger partial charge in [0.1, 0.15) is 11.6 Å². The SMILES string of the molecule is COc1ccc2nc(SCC(=O)Nc3ccccc3F)n(S(=O)(=O)c3ccc(C)cc3)c2c1. The van der Waals surface area contributed by atoms with E-state index in [4.69, 9.17) is 4.74 Å². The number of halogens is 1. The van der Waals surface area contributed by atoms with E-state index >= 15 is 0 Å². The first-order valence-corrected chi connectivity index (χ1v) is 12.3. The number of methoxy groups -OCH3 is 1. The van der Waals surface area contributed by atoms with Crippen molar-refractivity contribution in [2.75, 3.05) is 18.2 Å². The average molecular weight is 486 g/mol. The molecule has 0 atom stereocenters. The number of para-hydroxylation sites is 1. The van der Waals surface area contributed by atoms with E-state index in [1.165, 1.54) is 37.4 Å². The first-order chi connectivity index (χ1) is 15.8. The standard InChI is InChI=1S/C23H20FN3O4S2/c1-15-7-10-17(11-8-15)33(29,30)27-21-13-16(31-2)9-12-20(21)26-23(27)32-14-22(28)25-19-6-4-3-5-18(19)24/h3-13H,14H2,1-2H3,(H,25,28). The zero-order valence-corrected chi connectivity index (χ0v) is 19.4. The molecular formula is C23H20FN3O4S2. The molecule has 170 valence electrons. The molecule has 10 heteroatoms. The second-order valence-electron chi connectivity index (χ2n) is 7.15. The lowest BCUT2D eigenvalue weighted by Gasteiger charge is -2.11. The van der Waals surface area contributed by atoms with Crippen LogP contribution in [0.4, 0.5) is 10.1 Å². The van der Waals surface area contributed by atoms with Crippen LogP contribution in [0.3, 0.4) is 0 Å². The molecule has 0 saturated carbocycles. The van der Waals surface area contributed by atoms with Crippen molar-refractivity contribution >= 4 is 44.4 Å². The van der Waals surface area contributed by atoms with Crippen molar-refractivity contribution in [2.45, 2.75) is 17.0 Å². The molecule has 4 rings (SSSR count). The molecule has 0 bridgehead atoms. The fourth-order valence-electron chi connectivity index (χ4n) is 3.16. The molecule has 1 amide bonds. The number of rotatable bonds is 7. The average Bonchev–Trinajstić information content (AvgIpc) is 3.18. The molecule has 0 unspecified atom stereocenters. The van der Waals surface area contributed by atoms with Gasteiger partial charge in [-0.3, -0.25) is 4.79 Å². The Kier molecular flexibility index (Phi) is 6.39. The van der Waals surface area contributed by atoms with Gasteiger partial charge < -0.3 is 10.1 Å². The van der Waals surface area contributed by atoms with Crippen molar-refractivity contribution < 1.29 is 22.3 Å². The Morgan fingerprint density at radius 1 is 1.12 bits per heavy atom. The molecule has 33 heavy (non-hydrogen) atoms. The number of fused-ring (bicyclic) bond motifs is 1. The topological polar surface area (TPSA) is 90.3 Å². The van der Waals surface area contributed by atoms with Crippen molar-refractivity contribution in [3.05, 3.63) is 78.1 Å². The smallest absolute Gasteiger partial charge is 0.270 e. The molecule has 1 N–H and O–H groups in total. The van der Waals surface area contributed by atoms with Crippen LogP contribution < -0.4 is 10.1 Å². The zero-order chi connectivity index (χ0) is 23.6. The highest BCUT2D eigenvalue weighted by Crippen LogP contribution is 2.31. The van der Waals surface area contributed by atoms with E-state index in [1.54, 1.807) is 36.4 Å². The van der Waals surface area contributed by atoms with Crippen molar-refractivity contribution in [1.29, 1.82) is 0 Å². The summed E-state index contributed by atoms with van der Waals surface area (Å²) in [6.07, 6.45) is 0. The normalized spacial score (nSPS) is 11.5. The van der Waals surface area contributed by atoms with Crippen LogP contribution in [0.25, 0.3) is 11.0 Å². The van der Waals surface area contributed by atoms with Gasteiger partial charge in [-0.1, -0.05) is 41.6 Å². The van der Waals surface area contributed by atoms with Gasteiger partial charge in [0.25, 0.3) is 10.0 Å². The Balaban J connectivity index is 1.71. The van der Waals surface area contributed by atoms with Gasteiger partial charge in [-0.05, 0) is 43.3 Å². The second-order valence-corrected chi connectivity index (χ2v) is 9.88. The Labute approximate surface area is 194 Å². The van der Waals surface area contributed by atoms with Gasteiger partial charge >= 0.3 is 0 Å². The number of benzene rings is 3. The molecule has 0 radical (unpaired) electrons. The van der Waals surface area contributed by atoms with Crippen molar-refractivity contribution in [3.63, 3.8) is 0 Å². The van der Waals surface area contributed by atoms with Crippen molar-refractivity contribution in [1.82, 2.24) is 8.96 Å². The highest BCUT2D eigenvalue weighted by molar-refractivity contribution is 8.00. The van der Waals surface area contributed by atoms with Crippen LogP contribution in [0.15, 0.2) is 76.8 Å². The Morgan fingerprint density at radius 2 is 1.85 bits per heavy atom. The molecule has 0 fully saturated rings. The van der Waals surface area contributed by atoms with Gasteiger partial charge in [0, 0.05) is 6.07 Å². The fourth-order valence-corrected chi connectivity index (χ4v) is 5.66. The van der Waals surface area contributed by atoms with E-state index in [0.29, 0.717) is 16.8 Å². The number of thioether (sulfide) groups is 1. The van der Waals surface area contributed by atoms with Crippen LogP contribution in [0, 0.1) is 12.7 Å². The van der Waals surface area contributed by atoms with Gasteiger partial charge in [-0.15, -0.1) is 0 Å². The number of amides is 1. The molecule has 0 spiro atoms. The monoisotopic (exact) mass is 485 g/mol.